The molecule has 10 nitrogen and oxygen atoms in total. The van der Waals surface area contributed by atoms with Gasteiger partial charge in [-0.1, -0.05) is 30.3 Å². The predicted octanol–water partition coefficient (Wildman–Crippen LogP) is 0.845. The van der Waals surface area contributed by atoms with Gasteiger partial charge < -0.3 is 14.7 Å². The molecule has 2 fully saturated rings. The number of halogens is 3. The topological polar surface area (TPSA) is 133 Å². The largest absolute Gasteiger partial charge is 0.490 e. The molecule has 3 rings (SSSR count). The van der Waals surface area contributed by atoms with Crippen LogP contribution in [0.3, 0.4) is 0 Å². The third kappa shape index (κ3) is 5.66. The molecule has 2 heterocycles. The standard InChI is InChI=1S/C21H27N3O5.C2HF3O2/c1-5-24(13(2)25)12-15-16-17(19(27)23(3)18(16)26)21(22-15,20(28)29-4)11-14-9-7-6-8-10-14;3-2(4,5)1(6)7/h6-10,15-17,22H,5,11-12H2,1-4H3;(H,6,7)/t15-,16+,17-,21-;/m1./s1. The van der Waals surface area contributed by atoms with Crippen molar-refractivity contribution in [2.24, 2.45) is 11.8 Å². The Kier molecular flexibility index (Phi) is 8.84. The van der Waals surface area contributed by atoms with Crippen LogP contribution in [0.25, 0.3) is 0 Å². The van der Waals surface area contributed by atoms with Crippen molar-refractivity contribution in [1.29, 1.82) is 0 Å². The van der Waals surface area contributed by atoms with Gasteiger partial charge in [-0.2, -0.15) is 13.2 Å². The quantitative estimate of drug-likeness (QED) is 0.421. The minimum absolute atomic E-state index is 0.130. The number of imide groups is 1. The Labute approximate surface area is 205 Å². The summed E-state index contributed by atoms with van der Waals surface area (Å²) >= 11 is 0. The number of hydrogen-bond acceptors (Lipinski definition) is 7. The summed E-state index contributed by atoms with van der Waals surface area (Å²) in [6.07, 6.45) is -4.88. The fourth-order valence-electron chi connectivity index (χ4n) is 4.67. The van der Waals surface area contributed by atoms with Crippen LogP contribution in [0.1, 0.15) is 19.4 Å². The number of alkyl halides is 3. The lowest BCUT2D eigenvalue weighted by atomic mass is 9.76. The van der Waals surface area contributed by atoms with Crippen LogP contribution in [0.5, 0.6) is 0 Å². The van der Waals surface area contributed by atoms with Gasteiger partial charge in [0.05, 0.1) is 18.9 Å². The van der Waals surface area contributed by atoms with E-state index >= 15 is 0 Å². The summed E-state index contributed by atoms with van der Waals surface area (Å²) in [7, 11) is 2.71. The number of fused-ring (bicyclic) bond motifs is 1. The third-order valence-electron chi connectivity index (χ3n) is 6.34. The molecule has 2 N–H and O–H groups in total. The van der Waals surface area contributed by atoms with Crippen molar-refractivity contribution in [2.75, 3.05) is 27.2 Å². The highest BCUT2D eigenvalue weighted by atomic mass is 19.4. The summed E-state index contributed by atoms with van der Waals surface area (Å²) in [5, 5.41) is 10.4. The first-order valence-corrected chi connectivity index (χ1v) is 11.0. The van der Waals surface area contributed by atoms with E-state index in [0.717, 1.165) is 10.5 Å². The van der Waals surface area contributed by atoms with Crippen molar-refractivity contribution in [3.8, 4) is 0 Å². The Bertz CT molecular complexity index is 1020. The highest BCUT2D eigenvalue weighted by Gasteiger charge is 2.68. The van der Waals surface area contributed by atoms with Crippen LogP contribution in [0.4, 0.5) is 13.2 Å². The lowest BCUT2D eigenvalue weighted by Crippen LogP contribution is -2.59. The SMILES string of the molecule is CCN(C[C@H]1N[C@@](Cc2ccccc2)(C(=O)OC)[C@H]2C(=O)N(C)C(=O)[C@@H]12)C(C)=O.O=C(O)C(F)(F)F. The number of amides is 3. The van der Waals surface area contributed by atoms with Crippen molar-refractivity contribution in [3.05, 3.63) is 35.9 Å². The zero-order valence-corrected chi connectivity index (χ0v) is 20.2. The molecule has 1 aromatic rings. The van der Waals surface area contributed by atoms with Crippen molar-refractivity contribution in [3.63, 3.8) is 0 Å². The molecule has 0 bridgehead atoms. The van der Waals surface area contributed by atoms with Crippen LogP contribution in [-0.4, -0.2) is 89.6 Å². The van der Waals surface area contributed by atoms with E-state index in [0.29, 0.717) is 6.54 Å². The zero-order chi connectivity index (χ0) is 27.4. The van der Waals surface area contributed by atoms with Crippen LogP contribution in [0, 0.1) is 11.8 Å². The number of carboxylic acid groups (broad SMARTS) is 1. The fourth-order valence-corrected chi connectivity index (χ4v) is 4.67. The maximum atomic E-state index is 13.0. The van der Waals surface area contributed by atoms with Crippen LogP contribution >= 0.6 is 0 Å². The molecule has 2 aliphatic heterocycles. The second-order valence-electron chi connectivity index (χ2n) is 8.48. The van der Waals surface area contributed by atoms with Crippen LogP contribution in [-0.2, 0) is 35.1 Å². The number of ether oxygens (including phenoxy) is 1. The summed E-state index contributed by atoms with van der Waals surface area (Å²) in [6, 6.07) is 8.78. The molecule has 1 aromatic carbocycles. The van der Waals surface area contributed by atoms with E-state index in [2.05, 4.69) is 5.32 Å². The number of methoxy groups -OCH3 is 1. The number of carbonyl (C=O) groups is 5. The lowest BCUT2D eigenvalue weighted by molar-refractivity contribution is -0.192. The first kappa shape index (κ1) is 28.8. The zero-order valence-electron chi connectivity index (χ0n) is 20.2. The van der Waals surface area contributed by atoms with Crippen molar-refractivity contribution >= 4 is 29.7 Å². The molecule has 198 valence electrons. The van der Waals surface area contributed by atoms with E-state index in [4.69, 9.17) is 14.6 Å². The molecule has 2 saturated heterocycles. The summed E-state index contributed by atoms with van der Waals surface area (Å²) in [6.45, 7) is 4.00. The Hall–Kier alpha value is -3.48. The fraction of sp³-hybridized carbons (Fsp3) is 0.522. The third-order valence-corrected chi connectivity index (χ3v) is 6.34. The van der Waals surface area contributed by atoms with Gasteiger partial charge in [0.2, 0.25) is 17.7 Å². The van der Waals surface area contributed by atoms with Gasteiger partial charge in [-0.25, -0.2) is 4.79 Å². The summed E-state index contributed by atoms with van der Waals surface area (Å²) in [4.78, 5) is 62.5. The van der Waals surface area contributed by atoms with Gasteiger partial charge in [-0.05, 0) is 12.5 Å². The Morgan fingerprint density at radius 2 is 1.72 bits per heavy atom. The number of esters is 1. The van der Waals surface area contributed by atoms with Gasteiger partial charge in [0, 0.05) is 39.5 Å². The Morgan fingerprint density at radius 1 is 1.17 bits per heavy atom. The predicted molar refractivity (Wildman–Crippen MR) is 118 cm³/mol. The summed E-state index contributed by atoms with van der Waals surface area (Å²) in [5.74, 6) is -5.83. The van der Waals surface area contributed by atoms with Crippen LogP contribution < -0.4 is 5.32 Å². The second-order valence-corrected chi connectivity index (χ2v) is 8.48. The van der Waals surface area contributed by atoms with E-state index in [1.54, 1.807) is 4.90 Å². The molecule has 0 aromatic heterocycles. The van der Waals surface area contributed by atoms with Crippen LogP contribution in [0.2, 0.25) is 0 Å². The molecule has 0 aliphatic carbocycles. The Balaban J connectivity index is 0.000000572. The van der Waals surface area contributed by atoms with Gasteiger partial charge in [0.25, 0.3) is 0 Å². The molecule has 0 unspecified atom stereocenters. The van der Waals surface area contributed by atoms with E-state index in [1.807, 2.05) is 37.3 Å². The Morgan fingerprint density at radius 3 is 2.17 bits per heavy atom. The monoisotopic (exact) mass is 515 g/mol. The van der Waals surface area contributed by atoms with Gasteiger partial charge in [-0.3, -0.25) is 29.4 Å². The number of nitrogens with zero attached hydrogens (tertiary/aromatic N) is 2. The number of likely N-dealkylation sites (N-methyl/N-ethyl adjacent to an activating group) is 1. The van der Waals surface area contributed by atoms with E-state index in [1.165, 1.54) is 21.1 Å². The average molecular weight is 515 g/mol. The number of benzene rings is 1. The number of carbonyl (C=O) groups excluding carboxylic acids is 4. The number of aliphatic carboxylic acids is 1. The molecule has 4 atom stereocenters. The van der Waals surface area contributed by atoms with Crippen LogP contribution in [0.15, 0.2) is 30.3 Å². The maximum Gasteiger partial charge on any atom is 0.490 e. The van der Waals surface area contributed by atoms with Gasteiger partial charge in [0.15, 0.2) is 0 Å². The van der Waals surface area contributed by atoms with Gasteiger partial charge in [0.1, 0.15) is 5.54 Å². The molecule has 0 saturated carbocycles. The van der Waals surface area contributed by atoms with Gasteiger partial charge >= 0.3 is 18.1 Å². The molecule has 0 spiro atoms. The van der Waals surface area contributed by atoms with Gasteiger partial charge in [-0.15, -0.1) is 0 Å². The normalized spacial score (nSPS) is 25.1. The molecule has 2 aliphatic rings. The van der Waals surface area contributed by atoms with Crippen molar-refractivity contribution < 1.29 is 47.0 Å². The smallest absolute Gasteiger partial charge is 0.475 e. The minimum atomic E-state index is -5.08. The number of likely N-dealkylation sites (tertiary alicyclic amines) is 1. The molecule has 3 amide bonds. The van der Waals surface area contributed by atoms with Crippen molar-refractivity contribution in [2.45, 2.75) is 38.0 Å². The molecule has 36 heavy (non-hydrogen) atoms. The number of rotatable bonds is 6. The van der Waals surface area contributed by atoms with E-state index in [9.17, 15) is 32.3 Å². The first-order chi connectivity index (χ1) is 16.7. The highest BCUT2D eigenvalue weighted by Crippen LogP contribution is 2.44. The van der Waals surface area contributed by atoms with E-state index in [-0.39, 0.29) is 24.8 Å². The average Bonchev–Trinajstić information content (AvgIpc) is 3.26. The lowest BCUT2D eigenvalue weighted by Gasteiger charge is -2.33. The molecule has 0 radical (unpaired) electrons. The minimum Gasteiger partial charge on any atom is -0.475 e. The highest BCUT2D eigenvalue weighted by molar-refractivity contribution is 6.09. The first-order valence-electron chi connectivity index (χ1n) is 11.0. The molecular weight excluding hydrogens is 487 g/mol. The summed E-state index contributed by atoms with van der Waals surface area (Å²) in [5.41, 5.74) is -0.530. The summed E-state index contributed by atoms with van der Waals surface area (Å²) < 4.78 is 36.8. The number of carboxylic acids is 1. The molecule has 13 heteroatoms. The molecular formula is C23H28F3N3O7. The maximum absolute atomic E-state index is 13.0. The van der Waals surface area contributed by atoms with Crippen molar-refractivity contribution in [1.82, 2.24) is 15.1 Å². The van der Waals surface area contributed by atoms with E-state index < -0.39 is 47.4 Å². The number of nitrogens with one attached hydrogen (secondary N) is 1. The number of hydrogen-bond donors (Lipinski definition) is 2. The second kappa shape index (κ2) is 11.1.